The van der Waals surface area contributed by atoms with Crippen LogP contribution in [0.1, 0.15) is 34.8 Å². The first-order chi connectivity index (χ1) is 14.5. The average Bonchev–Trinajstić information content (AvgIpc) is 3.36. The molecule has 2 aliphatic rings. The summed E-state index contributed by atoms with van der Waals surface area (Å²) in [5.41, 5.74) is 4.55. The molecule has 0 bridgehead atoms. The van der Waals surface area contributed by atoms with Gasteiger partial charge in [-0.15, -0.1) is 0 Å². The van der Waals surface area contributed by atoms with Crippen molar-refractivity contribution in [2.75, 3.05) is 25.7 Å². The normalized spacial score (nSPS) is 18.3. The van der Waals surface area contributed by atoms with Crippen LogP contribution in [0.25, 0.3) is 5.57 Å². The van der Waals surface area contributed by atoms with E-state index in [0.717, 1.165) is 22.4 Å². The molecule has 1 atom stereocenters. The Balaban J connectivity index is 1.60. The lowest BCUT2D eigenvalue weighted by Crippen LogP contribution is -2.32. The number of benzene rings is 1. The maximum Gasteiger partial charge on any atom is 0.259 e. The van der Waals surface area contributed by atoms with Gasteiger partial charge in [0.2, 0.25) is 5.88 Å². The molecule has 1 aromatic heterocycles. The second-order valence-corrected chi connectivity index (χ2v) is 7.37. The van der Waals surface area contributed by atoms with Gasteiger partial charge >= 0.3 is 0 Å². The first-order valence-corrected chi connectivity index (χ1v) is 9.94. The number of nitrogens with zero attached hydrogens (tertiary/aromatic N) is 3. The Kier molecular flexibility index (Phi) is 5.50. The number of carbonyl (C=O) groups is 1. The monoisotopic (exact) mass is 410 g/mol. The van der Waals surface area contributed by atoms with Crippen molar-refractivity contribution in [3.63, 3.8) is 0 Å². The SMILES string of the molecule is COC1=C(OC)NC(C)C(c2ccc3c(c2)CN(c2cnn(CCCO)c2)C3=O)=C1. The number of hydrogen-bond donors (Lipinski definition) is 2. The van der Waals surface area contributed by atoms with E-state index in [2.05, 4.69) is 23.4 Å². The molecular weight excluding hydrogens is 384 g/mol. The van der Waals surface area contributed by atoms with Gasteiger partial charge in [0, 0.05) is 24.9 Å². The van der Waals surface area contributed by atoms with E-state index in [1.807, 2.05) is 24.4 Å². The quantitative estimate of drug-likeness (QED) is 0.728. The molecule has 2 aliphatic heterocycles. The molecule has 8 nitrogen and oxygen atoms in total. The number of aliphatic hydroxyl groups is 1. The number of nitrogens with one attached hydrogen (secondary N) is 1. The van der Waals surface area contributed by atoms with E-state index in [-0.39, 0.29) is 18.6 Å². The molecule has 0 radical (unpaired) electrons. The molecule has 1 unspecified atom stereocenters. The molecule has 0 spiro atoms. The van der Waals surface area contributed by atoms with Gasteiger partial charge in [0.15, 0.2) is 5.76 Å². The predicted molar refractivity (Wildman–Crippen MR) is 113 cm³/mol. The third-order valence-corrected chi connectivity index (χ3v) is 5.47. The molecule has 1 aromatic carbocycles. The number of anilines is 1. The fourth-order valence-corrected chi connectivity index (χ4v) is 3.88. The number of aliphatic hydroxyl groups excluding tert-OH is 1. The molecule has 8 heteroatoms. The lowest BCUT2D eigenvalue weighted by Gasteiger charge is -2.26. The summed E-state index contributed by atoms with van der Waals surface area (Å²) in [4.78, 5) is 14.7. The van der Waals surface area contributed by atoms with Crippen LogP contribution in [0.4, 0.5) is 5.69 Å². The minimum absolute atomic E-state index is 0.0267. The fraction of sp³-hybridized carbons (Fsp3) is 0.364. The van der Waals surface area contributed by atoms with Crippen molar-refractivity contribution in [2.45, 2.75) is 32.5 Å². The Bertz CT molecular complexity index is 1020. The van der Waals surface area contributed by atoms with Crippen LogP contribution in [0.5, 0.6) is 0 Å². The summed E-state index contributed by atoms with van der Waals surface area (Å²) in [6.45, 7) is 3.29. The smallest absolute Gasteiger partial charge is 0.259 e. The number of carbonyl (C=O) groups excluding carboxylic acids is 1. The Morgan fingerprint density at radius 1 is 1.30 bits per heavy atom. The number of aryl methyl sites for hydroxylation is 1. The zero-order valence-electron chi connectivity index (χ0n) is 17.4. The van der Waals surface area contributed by atoms with Gasteiger partial charge in [-0.05, 0) is 48.3 Å². The van der Waals surface area contributed by atoms with E-state index < -0.39 is 0 Å². The van der Waals surface area contributed by atoms with Crippen molar-refractivity contribution < 1.29 is 19.4 Å². The Morgan fingerprint density at radius 2 is 2.13 bits per heavy atom. The van der Waals surface area contributed by atoms with Gasteiger partial charge in [-0.3, -0.25) is 9.48 Å². The zero-order chi connectivity index (χ0) is 21.3. The zero-order valence-corrected chi connectivity index (χ0v) is 17.4. The number of hydrogen-bond acceptors (Lipinski definition) is 6. The maximum atomic E-state index is 12.9. The van der Waals surface area contributed by atoms with Gasteiger partial charge in [0.25, 0.3) is 5.91 Å². The largest absolute Gasteiger partial charge is 0.491 e. The summed E-state index contributed by atoms with van der Waals surface area (Å²) in [5, 5.41) is 16.6. The molecule has 0 saturated heterocycles. The van der Waals surface area contributed by atoms with E-state index in [9.17, 15) is 4.79 Å². The maximum absolute atomic E-state index is 12.9. The summed E-state index contributed by atoms with van der Waals surface area (Å²) in [7, 11) is 3.22. The lowest BCUT2D eigenvalue weighted by atomic mass is 9.94. The molecule has 30 heavy (non-hydrogen) atoms. The molecule has 0 saturated carbocycles. The Labute approximate surface area is 175 Å². The summed E-state index contributed by atoms with van der Waals surface area (Å²) in [6.07, 6.45) is 6.14. The molecule has 3 heterocycles. The number of fused-ring (bicyclic) bond motifs is 1. The highest BCUT2D eigenvalue weighted by Gasteiger charge is 2.30. The van der Waals surface area contributed by atoms with Crippen LogP contribution in [0.2, 0.25) is 0 Å². The van der Waals surface area contributed by atoms with Crippen LogP contribution in [-0.4, -0.2) is 47.7 Å². The van der Waals surface area contributed by atoms with Gasteiger partial charge in [0.1, 0.15) is 0 Å². The van der Waals surface area contributed by atoms with Crippen LogP contribution >= 0.6 is 0 Å². The highest BCUT2D eigenvalue weighted by molar-refractivity contribution is 6.10. The topological polar surface area (TPSA) is 88.8 Å². The van der Waals surface area contributed by atoms with E-state index in [1.165, 1.54) is 0 Å². The van der Waals surface area contributed by atoms with Crippen LogP contribution in [0.15, 0.2) is 48.3 Å². The highest BCUT2D eigenvalue weighted by atomic mass is 16.5. The van der Waals surface area contributed by atoms with Crippen molar-refractivity contribution in [3.05, 3.63) is 65.0 Å². The van der Waals surface area contributed by atoms with E-state index in [1.54, 1.807) is 30.0 Å². The number of ether oxygens (including phenoxy) is 2. The molecule has 1 amide bonds. The number of dihydropyridines is 1. The van der Waals surface area contributed by atoms with Crippen LogP contribution in [0, 0.1) is 0 Å². The summed E-state index contributed by atoms with van der Waals surface area (Å²) >= 11 is 0. The molecule has 0 fully saturated rings. The third-order valence-electron chi connectivity index (χ3n) is 5.47. The third kappa shape index (κ3) is 3.54. The average molecular weight is 410 g/mol. The minimum Gasteiger partial charge on any atom is -0.491 e. The number of amides is 1. The van der Waals surface area contributed by atoms with E-state index >= 15 is 0 Å². The summed E-state index contributed by atoms with van der Waals surface area (Å²) in [5.74, 6) is 1.22. The number of allylic oxidation sites excluding steroid dienone is 1. The second-order valence-electron chi connectivity index (χ2n) is 7.37. The first-order valence-electron chi connectivity index (χ1n) is 9.94. The standard InChI is InChI=1S/C22H26N4O4/c1-14-19(10-20(29-2)21(24-14)30-3)15-5-6-18-16(9-15)12-26(22(18)28)17-11-23-25(13-17)7-4-8-27/h5-6,9-11,13-14,24,27H,4,7-8,12H2,1-3H3. The molecule has 2 N–H and O–H groups in total. The first kappa shape index (κ1) is 20.0. The van der Waals surface area contributed by atoms with Crippen LogP contribution in [-0.2, 0) is 22.6 Å². The molecule has 158 valence electrons. The predicted octanol–water partition coefficient (Wildman–Crippen LogP) is 2.26. The fourth-order valence-electron chi connectivity index (χ4n) is 3.88. The van der Waals surface area contributed by atoms with E-state index in [4.69, 9.17) is 14.6 Å². The van der Waals surface area contributed by atoms with Crippen LogP contribution < -0.4 is 10.2 Å². The number of aromatic nitrogens is 2. The molecule has 2 aromatic rings. The molecular formula is C22H26N4O4. The Hall–Kier alpha value is -3.26. The summed E-state index contributed by atoms with van der Waals surface area (Å²) in [6, 6.07) is 5.96. The van der Waals surface area contributed by atoms with Gasteiger partial charge < -0.3 is 24.8 Å². The van der Waals surface area contributed by atoms with Gasteiger partial charge in [-0.1, -0.05) is 6.07 Å². The van der Waals surface area contributed by atoms with Crippen molar-refractivity contribution in [2.24, 2.45) is 0 Å². The summed E-state index contributed by atoms with van der Waals surface area (Å²) < 4.78 is 12.5. The van der Waals surface area contributed by atoms with Crippen molar-refractivity contribution in [1.29, 1.82) is 0 Å². The number of methoxy groups -OCH3 is 2. The molecule has 0 aliphatic carbocycles. The second kappa shape index (κ2) is 8.23. The van der Waals surface area contributed by atoms with Gasteiger partial charge in [0.05, 0.1) is 38.7 Å². The van der Waals surface area contributed by atoms with Gasteiger partial charge in [-0.25, -0.2) is 0 Å². The van der Waals surface area contributed by atoms with Crippen molar-refractivity contribution in [3.8, 4) is 0 Å². The molecule has 4 rings (SSSR count). The minimum atomic E-state index is -0.0267. The van der Waals surface area contributed by atoms with Crippen molar-refractivity contribution in [1.82, 2.24) is 15.1 Å². The highest BCUT2D eigenvalue weighted by Crippen LogP contribution is 2.33. The van der Waals surface area contributed by atoms with Crippen molar-refractivity contribution >= 4 is 17.2 Å². The van der Waals surface area contributed by atoms with Crippen LogP contribution in [0.3, 0.4) is 0 Å². The lowest BCUT2D eigenvalue weighted by molar-refractivity contribution is 0.0996. The Morgan fingerprint density at radius 3 is 2.87 bits per heavy atom. The van der Waals surface area contributed by atoms with Gasteiger partial charge in [-0.2, -0.15) is 5.10 Å². The number of rotatable bonds is 7. The van der Waals surface area contributed by atoms with E-state index in [0.29, 0.717) is 36.7 Å².